The highest BCUT2D eigenvalue weighted by atomic mass is 16.5. The molecule has 0 amide bonds. The molecular weight excluding hydrogens is 236 g/mol. The zero-order valence-corrected chi connectivity index (χ0v) is 11.8. The average molecular weight is 260 g/mol. The van der Waals surface area contributed by atoms with Gasteiger partial charge in [0.2, 0.25) is 0 Å². The van der Waals surface area contributed by atoms with Crippen molar-refractivity contribution in [1.82, 2.24) is 5.32 Å². The molecule has 0 radical (unpaired) electrons. The summed E-state index contributed by atoms with van der Waals surface area (Å²) in [6.07, 6.45) is 3.78. The number of anilines is 1. The number of hydrogen-bond donors (Lipinski definition) is 1. The van der Waals surface area contributed by atoms with Crippen LogP contribution in [0, 0.1) is 0 Å². The van der Waals surface area contributed by atoms with Crippen LogP contribution in [0.1, 0.15) is 31.7 Å². The second kappa shape index (κ2) is 5.51. The minimum Gasteiger partial charge on any atom is -0.379 e. The molecule has 104 valence electrons. The van der Waals surface area contributed by atoms with Crippen molar-refractivity contribution in [3.63, 3.8) is 0 Å². The van der Waals surface area contributed by atoms with E-state index in [0.717, 1.165) is 26.2 Å². The van der Waals surface area contributed by atoms with Crippen molar-refractivity contribution in [1.29, 1.82) is 0 Å². The first-order chi connectivity index (χ1) is 9.25. The average Bonchev–Trinajstić information content (AvgIpc) is 3.09. The summed E-state index contributed by atoms with van der Waals surface area (Å²) in [5.41, 5.74) is 2.89. The molecule has 0 saturated carbocycles. The van der Waals surface area contributed by atoms with Gasteiger partial charge >= 0.3 is 0 Å². The molecule has 1 unspecified atom stereocenters. The van der Waals surface area contributed by atoms with Crippen molar-refractivity contribution in [3.05, 3.63) is 29.8 Å². The van der Waals surface area contributed by atoms with Crippen molar-refractivity contribution < 1.29 is 4.74 Å². The summed E-state index contributed by atoms with van der Waals surface area (Å²) >= 11 is 0. The summed E-state index contributed by atoms with van der Waals surface area (Å²) in [6, 6.07) is 9.02. The largest absolute Gasteiger partial charge is 0.379 e. The van der Waals surface area contributed by atoms with Crippen LogP contribution in [0.25, 0.3) is 0 Å². The molecule has 0 aromatic heterocycles. The Balaban J connectivity index is 1.56. The van der Waals surface area contributed by atoms with Crippen LogP contribution in [0.3, 0.4) is 0 Å². The molecule has 3 nitrogen and oxygen atoms in total. The van der Waals surface area contributed by atoms with Crippen molar-refractivity contribution in [2.24, 2.45) is 0 Å². The number of hydrogen-bond acceptors (Lipinski definition) is 3. The third-order valence-corrected chi connectivity index (χ3v) is 4.35. The number of benzene rings is 1. The normalized spacial score (nSPS) is 27.1. The van der Waals surface area contributed by atoms with Gasteiger partial charge in [0.1, 0.15) is 0 Å². The second-order valence-electron chi connectivity index (χ2n) is 6.08. The van der Waals surface area contributed by atoms with Gasteiger partial charge in [0.05, 0.1) is 6.61 Å². The van der Waals surface area contributed by atoms with Crippen LogP contribution in [0.15, 0.2) is 24.3 Å². The maximum absolute atomic E-state index is 5.47. The molecule has 2 aliphatic rings. The predicted octanol–water partition coefficient (Wildman–Crippen LogP) is 2.56. The molecule has 0 bridgehead atoms. The van der Waals surface area contributed by atoms with E-state index in [1.54, 1.807) is 0 Å². The van der Waals surface area contributed by atoms with E-state index in [1.165, 1.54) is 37.2 Å². The highest BCUT2D eigenvalue weighted by Gasteiger charge is 2.28. The lowest BCUT2D eigenvalue weighted by Gasteiger charge is -2.24. The van der Waals surface area contributed by atoms with E-state index in [-0.39, 0.29) is 5.54 Å². The molecule has 1 aromatic carbocycles. The minimum atomic E-state index is 0.160. The van der Waals surface area contributed by atoms with Gasteiger partial charge in [-0.15, -0.1) is 0 Å². The molecule has 0 aliphatic carbocycles. The molecule has 3 rings (SSSR count). The van der Waals surface area contributed by atoms with E-state index in [9.17, 15) is 0 Å². The Kier molecular flexibility index (Phi) is 3.76. The summed E-state index contributed by atoms with van der Waals surface area (Å²) in [5.74, 6) is 0. The summed E-state index contributed by atoms with van der Waals surface area (Å²) < 4.78 is 5.47. The van der Waals surface area contributed by atoms with Gasteiger partial charge in [-0.3, -0.25) is 0 Å². The van der Waals surface area contributed by atoms with Gasteiger partial charge in [-0.1, -0.05) is 12.1 Å². The lowest BCUT2D eigenvalue weighted by atomic mass is 10.0. The fourth-order valence-electron chi connectivity index (χ4n) is 2.92. The van der Waals surface area contributed by atoms with E-state index < -0.39 is 0 Å². The molecule has 2 heterocycles. The fraction of sp³-hybridized carbons (Fsp3) is 0.625. The van der Waals surface area contributed by atoms with E-state index in [0.29, 0.717) is 0 Å². The first-order valence-corrected chi connectivity index (χ1v) is 7.42. The Morgan fingerprint density at radius 1 is 1.21 bits per heavy atom. The zero-order valence-electron chi connectivity index (χ0n) is 11.8. The maximum atomic E-state index is 5.47. The second-order valence-corrected chi connectivity index (χ2v) is 6.08. The number of nitrogens with one attached hydrogen (secondary N) is 1. The lowest BCUT2D eigenvalue weighted by Crippen LogP contribution is -2.42. The van der Waals surface area contributed by atoms with Crippen molar-refractivity contribution in [2.45, 2.75) is 38.3 Å². The van der Waals surface area contributed by atoms with Gasteiger partial charge in [0, 0.05) is 37.5 Å². The number of rotatable bonds is 4. The molecule has 3 heteroatoms. The minimum absolute atomic E-state index is 0.160. The van der Waals surface area contributed by atoms with Crippen LogP contribution in [-0.4, -0.2) is 31.8 Å². The molecule has 2 fully saturated rings. The third-order valence-electron chi connectivity index (χ3n) is 4.35. The maximum Gasteiger partial charge on any atom is 0.0646 e. The quantitative estimate of drug-likeness (QED) is 0.900. The van der Waals surface area contributed by atoms with Crippen LogP contribution < -0.4 is 10.2 Å². The highest BCUT2D eigenvalue weighted by Crippen LogP contribution is 2.21. The Labute approximate surface area is 115 Å². The van der Waals surface area contributed by atoms with Gasteiger partial charge in [0.25, 0.3) is 0 Å². The van der Waals surface area contributed by atoms with Crippen LogP contribution in [0.4, 0.5) is 5.69 Å². The van der Waals surface area contributed by atoms with Gasteiger partial charge in [0.15, 0.2) is 0 Å². The molecular formula is C16H24N2O. The Bertz CT molecular complexity index is 403. The van der Waals surface area contributed by atoms with Crippen molar-refractivity contribution in [3.8, 4) is 0 Å². The topological polar surface area (TPSA) is 24.5 Å². The van der Waals surface area contributed by atoms with E-state index in [4.69, 9.17) is 4.74 Å². The van der Waals surface area contributed by atoms with Gasteiger partial charge in [-0.25, -0.2) is 0 Å². The van der Waals surface area contributed by atoms with Crippen LogP contribution in [0.2, 0.25) is 0 Å². The molecule has 1 N–H and O–H groups in total. The molecule has 2 aliphatic heterocycles. The fourth-order valence-corrected chi connectivity index (χ4v) is 2.92. The molecule has 2 saturated heterocycles. The van der Waals surface area contributed by atoms with E-state index >= 15 is 0 Å². The van der Waals surface area contributed by atoms with Gasteiger partial charge in [-0.05, 0) is 43.9 Å². The monoisotopic (exact) mass is 260 g/mol. The smallest absolute Gasteiger partial charge is 0.0646 e. The summed E-state index contributed by atoms with van der Waals surface area (Å²) in [7, 11) is 0. The van der Waals surface area contributed by atoms with Crippen molar-refractivity contribution >= 4 is 5.69 Å². The Morgan fingerprint density at radius 2 is 1.95 bits per heavy atom. The number of nitrogens with zero attached hydrogens (tertiary/aromatic N) is 1. The summed E-state index contributed by atoms with van der Waals surface area (Å²) in [4.78, 5) is 2.48. The summed E-state index contributed by atoms with van der Waals surface area (Å²) in [6.45, 7) is 7.33. The van der Waals surface area contributed by atoms with Crippen LogP contribution >= 0.6 is 0 Å². The SMILES string of the molecule is CC1(NCc2ccc(N3CCCC3)cc2)CCOC1. The number of ether oxygens (including phenoxy) is 1. The molecule has 19 heavy (non-hydrogen) atoms. The third kappa shape index (κ3) is 3.10. The standard InChI is InChI=1S/C16H24N2O/c1-16(8-11-19-13-16)17-12-14-4-6-15(7-5-14)18-9-2-3-10-18/h4-7,17H,2-3,8-13H2,1H3. The summed E-state index contributed by atoms with van der Waals surface area (Å²) in [5, 5.41) is 3.62. The van der Waals surface area contributed by atoms with Gasteiger partial charge in [-0.2, -0.15) is 0 Å². The van der Waals surface area contributed by atoms with Crippen molar-refractivity contribution in [2.75, 3.05) is 31.2 Å². The van der Waals surface area contributed by atoms with Crippen LogP contribution in [-0.2, 0) is 11.3 Å². The van der Waals surface area contributed by atoms with Gasteiger partial charge < -0.3 is 15.0 Å². The molecule has 1 aromatic rings. The van der Waals surface area contributed by atoms with Crippen LogP contribution in [0.5, 0.6) is 0 Å². The van der Waals surface area contributed by atoms with E-state index in [2.05, 4.69) is 41.4 Å². The first-order valence-electron chi connectivity index (χ1n) is 7.42. The Morgan fingerprint density at radius 3 is 2.58 bits per heavy atom. The molecule has 1 atom stereocenters. The Hall–Kier alpha value is -1.06. The molecule has 0 spiro atoms. The predicted molar refractivity (Wildman–Crippen MR) is 78.6 cm³/mol. The highest BCUT2D eigenvalue weighted by molar-refractivity contribution is 5.48. The van der Waals surface area contributed by atoms with E-state index in [1.807, 2.05) is 0 Å². The zero-order chi connectivity index (χ0) is 13.1. The first kappa shape index (κ1) is 12.9. The lowest BCUT2D eigenvalue weighted by molar-refractivity contribution is 0.171.